The van der Waals surface area contributed by atoms with Crippen LogP contribution in [0.3, 0.4) is 0 Å². The molecule has 1 amide bonds. The normalized spacial score (nSPS) is 30.4. The second kappa shape index (κ2) is 4.99. The molecule has 0 unspecified atom stereocenters. The number of hydrogen-bond acceptors (Lipinski definition) is 1. The van der Waals surface area contributed by atoms with Crippen LogP contribution in [0.1, 0.15) is 67.2 Å². The molecule has 0 aromatic carbocycles. The van der Waals surface area contributed by atoms with Crippen molar-refractivity contribution in [2.75, 3.05) is 0 Å². The summed E-state index contributed by atoms with van der Waals surface area (Å²) >= 11 is 0. The van der Waals surface area contributed by atoms with Crippen LogP contribution >= 0.6 is 0 Å². The zero-order valence-corrected chi connectivity index (χ0v) is 12.4. The van der Waals surface area contributed by atoms with Crippen molar-refractivity contribution >= 4 is 5.91 Å². The molecule has 1 aliphatic rings. The first-order valence-electron chi connectivity index (χ1n) is 6.96. The summed E-state index contributed by atoms with van der Waals surface area (Å²) < 4.78 is 0. The summed E-state index contributed by atoms with van der Waals surface area (Å²) in [5, 5.41) is 3.20. The number of hydrogen-bond donors (Lipinski definition) is 1. The Morgan fingerprint density at radius 3 is 2.06 bits per heavy atom. The van der Waals surface area contributed by atoms with Crippen LogP contribution in [0, 0.1) is 16.7 Å². The lowest BCUT2D eigenvalue weighted by atomic mass is 9.67. The first-order chi connectivity index (χ1) is 7.65. The average Bonchev–Trinajstić information content (AvgIpc) is 2.20. The Balaban J connectivity index is 2.46. The van der Waals surface area contributed by atoms with Crippen LogP contribution in [0.4, 0.5) is 0 Å². The standard InChI is InChI=1S/C15H29NO/c1-11(2)15(6)9-7-12(8-10-15)16-13(17)14(3,4)5/h11-12H,7-10H2,1-6H3,(H,16,17)/t12-,15+. The van der Waals surface area contributed by atoms with Gasteiger partial charge in [0, 0.05) is 11.5 Å². The van der Waals surface area contributed by atoms with E-state index in [-0.39, 0.29) is 11.3 Å². The van der Waals surface area contributed by atoms with E-state index in [9.17, 15) is 4.79 Å². The molecule has 1 saturated carbocycles. The molecular formula is C15H29NO. The van der Waals surface area contributed by atoms with Crippen LogP contribution in [0.25, 0.3) is 0 Å². The summed E-state index contributed by atoms with van der Waals surface area (Å²) in [7, 11) is 0. The number of carbonyl (C=O) groups excluding carboxylic acids is 1. The van der Waals surface area contributed by atoms with Gasteiger partial charge in [-0.1, -0.05) is 41.5 Å². The molecule has 1 rings (SSSR count). The minimum atomic E-state index is -0.265. The van der Waals surface area contributed by atoms with Gasteiger partial charge in [-0.2, -0.15) is 0 Å². The van der Waals surface area contributed by atoms with E-state index < -0.39 is 0 Å². The van der Waals surface area contributed by atoms with Gasteiger partial charge in [0.2, 0.25) is 5.91 Å². The fraction of sp³-hybridized carbons (Fsp3) is 0.933. The Labute approximate surface area is 107 Å². The molecule has 2 heteroatoms. The molecule has 0 radical (unpaired) electrons. The summed E-state index contributed by atoms with van der Waals surface area (Å²) in [5.74, 6) is 0.928. The highest BCUT2D eigenvalue weighted by atomic mass is 16.2. The van der Waals surface area contributed by atoms with Gasteiger partial charge in [-0.3, -0.25) is 4.79 Å². The highest BCUT2D eigenvalue weighted by molar-refractivity contribution is 5.81. The Morgan fingerprint density at radius 1 is 1.24 bits per heavy atom. The van der Waals surface area contributed by atoms with Crippen molar-refractivity contribution in [2.24, 2.45) is 16.7 Å². The Morgan fingerprint density at radius 2 is 1.71 bits per heavy atom. The van der Waals surface area contributed by atoms with Crippen LogP contribution in [0.5, 0.6) is 0 Å². The molecule has 0 spiro atoms. The van der Waals surface area contributed by atoms with Gasteiger partial charge in [-0.15, -0.1) is 0 Å². The van der Waals surface area contributed by atoms with Crippen molar-refractivity contribution in [3.05, 3.63) is 0 Å². The van der Waals surface area contributed by atoms with Crippen molar-refractivity contribution in [1.82, 2.24) is 5.32 Å². The lowest BCUT2D eigenvalue weighted by molar-refractivity contribution is -0.129. The summed E-state index contributed by atoms with van der Waals surface area (Å²) in [5.41, 5.74) is 0.210. The lowest BCUT2D eigenvalue weighted by Crippen LogP contribution is -2.45. The monoisotopic (exact) mass is 239 g/mol. The zero-order valence-electron chi connectivity index (χ0n) is 12.4. The first-order valence-corrected chi connectivity index (χ1v) is 6.96. The van der Waals surface area contributed by atoms with E-state index in [0.29, 0.717) is 11.5 Å². The molecule has 0 aromatic heterocycles. The molecule has 0 bridgehead atoms. The van der Waals surface area contributed by atoms with Gasteiger partial charge in [-0.05, 0) is 37.0 Å². The maximum Gasteiger partial charge on any atom is 0.225 e. The SMILES string of the molecule is CC(C)[C@]1(C)CC[C@H](NC(=O)C(C)(C)C)CC1. The van der Waals surface area contributed by atoms with E-state index in [4.69, 9.17) is 0 Å². The van der Waals surface area contributed by atoms with Crippen molar-refractivity contribution in [3.63, 3.8) is 0 Å². The Kier molecular flexibility index (Phi) is 4.27. The van der Waals surface area contributed by atoms with Crippen LogP contribution in [-0.2, 0) is 4.79 Å². The van der Waals surface area contributed by atoms with E-state index in [2.05, 4.69) is 26.1 Å². The number of nitrogens with one attached hydrogen (secondary N) is 1. The van der Waals surface area contributed by atoms with E-state index in [0.717, 1.165) is 18.8 Å². The molecule has 100 valence electrons. The molecule has 2 nitrogen and oxygen atoms in total. The minimum absolute atomic E-state index is 0.190. The third-order valence-corrected chi connectivity index (χ3v) is 4.54. The predicted octanol–water partition coefficient (Wildman–Crippen LogP) is 3.75. The largest absolute Gasteiger partial charge is 0.353 e. The Bertz CT molecular complexity index is 267. The molecule has 1 N–H and O–H groups in total. The van der Waals surface area contributed by atoms with Gasteiger partial charge in [0.05, 0.1) is 0 Å². The second-order valence-electron chi connectivity index (χ2n) is 7.31. The van der Waals surface area contributed by atoms with Crippen molar-refractivity contribution in [2.45, 2.75) is 73.3 Å². The molecule has 0 atom stereocenters. The maximum absolute atomic E-state index is 11.9. The summed E-state index contributed by atoms with van der Waals surface area (Å²) in [6.07, 6.45) is 4.74. The molecule has 0 heterocycles. The number of rotatable bonds is 2. The highest BCUT2D eigenvalue weighted by Crippen LogP contribution is 2.41. The first kappa shape index (κ1) is 14.5. The summed E-state index contributed by atoms with van der Waals surface area (Å²) in [4.78, 5) is 11.9. The highest BCUT2D eigenvalue weighted by Gasteiger charge is 2.35. The average molecular weight is 239 g/mol. The van der Waals surface area contributed by atoms with Crippen LogP contribution in [0.15, 0.2) is 0 Å². The van der Waals surface area contributed by atoms with Gasteiger partial charge in [0.1, 0.15) is 0 Å². The molecule has 1 fully saturated rings. The van der Waals surface area contributed by atoms with Crippen LogP contribution < -0.4 is 5.32 Å². The molecule has 0 saturated heterocycles. The third-order valence-electron chi connectivity index (χ3n) is 4.54. The topological polar surface area (TPSA) is 29.1 Å². The molecule has 17 heavy (non-hydrogen) atoms. The fourth-order valence-corrected chi connectivity index (χ4v) is 2.40. The van der Waals surface area contributed by atoms with Gasteiger partial charge in [0.25, 0.3) is 0 Å². The maximum atomic E-state index is 11.9. The predicted molar refractivity (Wildman–Crippen MR) is 72.8 cm³/mol. The summed E-state index contributed by atoms with van der Waals surface area (Å²) in [6.45, 7) is 12.9. The number of amides is 1. The molecule has 0 aromatic rings. The molecule has 1 aliphatic carbocycles. The Hall–Kier alpha value is -0.530. The van der Waals surface area contributed by atoms with E-state index in [1.807, 2.05) is 20.8 Å². The summed E-state index contributed by atoms with van der Waals surface area (Å²) in [6, 6.07) is 0.397. The zero-order chi connectivity index (χ0) is 13.3. The number of carbonyl (C=O) groups is 1. The quantitative estimate of drug-likeness (QED) is 0.781. The van der Waals surface area contributed by atoms with Crippen molar-refractivity contribution in [3.8, 4) is 0 Å². The van der Waals surface area contributed by atoms with Crippen LogP contribution in [0.2, 0.25) is 0 Å². The van der Waals surface area contributed by atoms with Crippen molar-refractivity contribution in [1.29, 1.82) is 0 Å². The smallest absolute Gasteiger partial charge is 0.225 e. The second-order valence-corrected chi connectivity index (χ2v) is 7.31. The molecular weight excluding hydrogens is 210 g/mol. The van der Waals surface area contributed by atoms with Crippen LogP contribution in [-0.4, -0.2) is 11.9 Å². The van der Waals surface area contributed by atoms with Crippen molar-refractivity contribution < 1.29 is 4.79 Å². The molecule has 0 aliphatic heterocycles. The van der Waals surface area contributed by atoms with E-state index in [1.165, 1.54) is 12.8 Å². The third kappa shape index (κ3) is 3.72. The lowest BCUT2D eigenvalue weighted by Gasteiger charge is -2.41. The fourth-order valence-electron chi connectivity index (χ4n) is 2.40. The van der Waals surface area contributed by atoms with Gasteiger partial charge in [-0.25, -0.2) is 0 Å². The minimum Gasteiger partial charge on any atom is -0.353 e. The van der Waals surface area contributed by atoms with E-state index >= 15 is 0 Å². The van der Waals surface area contributed by atoms with Gasteiger partial charge >= 0.3 is 0 Å². The van der Waals surface area contributed by atoms with Gasteiger partial charge in [0.15, 0.2) is 0 Å². The van der Waals surface area contributed by atoms with E-state index in [1.54, 1.807) is 0 Å². The van der Waals surface area contributed by atoms with Gasteiger partial charge < -0.3 is 5.32 Å².